The van der Waals surface area contributed by atoms with E-state index in [4.69, 9.17) is 39.8 Å². The van der Waals surface area contributed by atoms with E-state index in [0.717, 1.165) is 62.4 Å². The molecule has 2 unspecified atom stereocenters. The Morgan fingerprint density at radius 1 is 0.654 bits per heavy atom. The third-order valence-electron chi connectivity index (χ3n) is 10.1. The molecule has 0 radical (unpaired) electrons. The van der Waals surface area contributed by atoms with E-state index in [1.165, 1.54) is 0 Å². The van der Waals surface area contributed by atoms with Crippen LogP contribution in [0.15, 0.2) is 192 Å². The standard InChI is InChI=1S/C48H40Cl2N2/c1-3-47(41-30-16-18-32-43(41)49,51-45(38-25-12-6-13-26-38)35(2)36-21-8-4-9-22-36)48(42-31-17-19-33-44(42)50)34-20-29-40(37-23-10-5-11-24-37)46(52-48)39-27-14-7-15-28-39/h4-19,21-33H,2-3,20,34H2,1H3. The molecule has 6 aromatic rings. The predicted octanol–water partition coefficient (Wildman–Crippen LogP) is 13.1. The summed E-state index contributed by atoms with van der Waals surface area (Å²) in [5.74, 6) is 0. The Kier molecular flexibility index (Phi) is 10.5. The van der Waals surface area contributed by atoms with Gasteiger partial charge in [-0.1, -0.05) is 201 Å². The molecule has 2 atom stereocenters. The Labute approximate surface area is 317 Å². The second-order valence-corrected chi connectivity index (χ2v) is 13.9. The van der Waals surface area contributed by atoms with E-state index in [1.54, 1.807) is 0 Å². The van der Waals surface area contributed by atoms with Crippen molar-refractivity contribution in [3.8, 4) is 0 Å². The molecule has 2 nitrogen and oxygen atoms in total. The fraction of sp³-hybridized carbons (Fsp3) is 0.125. The highest BCUT2D eigenvalue weighted by atomic mass is 35.5. The van der Waals surface area contributed by atoms with Gasteiger partial charge in [-0.25, -0.2) is 0 Å². The zero-order chi connectivity index (χ0) is 36.0. The zero-order valence-electron chi connectivity index (χ0n) is 29.2. The summed E-state index contributed by atoms with van der Waals surface area (Å²) in [6.07, 6.45) is 4.23. The molecule has 52 heavy (non-hydrogen) atoms. The first-order valence-electron chi connectivity index (χ1n) is 17.8. The molecule has 4 heteroatoms. The van der Waals surface area contributed by atoms with Gasteiger partial charge in [-0.15, -0.1) is 0 Å². The van der Waals surface area contributed by atoms with Gasteiger partial charge in [0.2, 0.25) is 0 Å². The summed E-state index contributed by atoms with van der Waals surface area (Å²) in [4.78, 5) is 12.1. The number of hydrogen-bond acceptors (Lipinski definition) is 2. The van der Waals surface area contributed by atoms with Crippen LogP contribution in [-0.2, 0) is 11.1 Å². The number of benzene rings is 6. The fourth-order valence-corrected chi connectivity index (χ4v) is 8.22. The number of allylic oxidation sites excluding steroid dienone is 3. The first kappa shape index (κ1) is 35.1. The van der Waals surface area contributed by atoms with Crippen molar-refractivity contribution in [1.29, 1.82) is 0 Å². The quantitative estimate of drug-likeness (QED) is 0.126. The molecule has 1 heterocycles. The molecule has 6 aromatic carbocycles. The second kappa shape index (κ2) is 15.5. The number of hydrogen-bond donors (Lipinski definition) is 0. The van der Waals surface area contributed by atoms with Crippen molar-refractivity contribution < 1.29 is 0 Å². The first-order valence-corrected chi connectivity index (χ1v) is 18.5. The van der Waals surface area contributed by atoms with Crippen LogP contribution in [0.2, 0.25) is 10.0 Å². The highest BCUT2D eigenvalue weighted by Crippen LogP contribution is 2.57. The highest BCUT2D eigenvalue weighted by Gasteiger charge is 2.55. The Bertz CT molecular complexity index is 2210. The van der Waals surface area contributed by atoms with Gasteiger partial charge in [0, 0.05) is 43.4 Å². The molecule has 1 aliphatic rings. The molecular formula is C48H40Cl2N2. The Morgan fingerprint density at radius 3 is 1.77 bits per heavy atom. The maximum Gasteiger partial charge on any atom is 0.117 e. The van der Waals surface area contributed by atoms with Gasteiger partial charge in [0.15, 0.2) is 0 Å². The summed E-state index contributed by atoms with van der Waals surface area (Å²) < 4.78 is 0. The van der Waals surface area contributed by atoms with Crippen LogP contribution in [0.4, 0.5) is 0 Å². The van der Waals surface area contributed by atoms with Gasteiger partial charge in [-0.3, -0.25) is 9.98 Å². The van der Waals surface area contributed by atoms with Crippen molar-refractivity contribution in [1.82, 2.24) is 0 Å². The normalized spacial score (nSPS) is 17.3. The van der Waals surface area contributed by atoms with Crippen molar-refractivity contribution >= 4 is 45.8 Å². The lowest BCUT2D eigenvalue weighted by molar-refractivity contribution is 0.206. The average Bonchev–Trinajstić information content (AvgIpc) is 3.42. The Hall–Kier alpha value is -5.28. The van der Waals surface area contributed by atoms with Crippen LogP contribution < -0.4 is 0 Å². The lowest BCUT2D eigenvalue weighted by atomic mass is 9.65. The largest absolute Gasteiger partial charge is 0.270 e. The molecule has 0 aromatic heterocycles. The Morgan fingerprint density at radius 2 is 1.17 bits per heavy atom. The van der Waals surface area contributed by atoms with Crippen LogP contribution in [0.3, 0.4) is 0 Å². The topological polar surface area (TPSA) is 24.7 Å². The molecule has 0 N–H and O–H groups in total. The molecule has 0 amide bonds. The van der Waals surface area contributed by atoms with Crippen molar-refractivity contribution in [2.45, 2.75) is 37.3 Å². The summed E-state index contributed by atoms with van der Waals surface area (Å²) in [6.45, 7) is 6.88. The molecular weight excluding hydrogens is 675 g/mol. The molecule has 1 aliphatic heterocycles. The minimum absolute atomic E-state index is 0.562. The third-order valence-corrected chi connectivity index (χ3v) is 10.8. The van der Waals surface area contributed by atoms with E-state index in [-0.39, 0.29) is 0 Å². The first-order chi connectivity index (χ1) is 25.5. The van der Waals surface area contributed by atoms with Gasteiger partial charge in [0.25, 0.3) is 0 Å². The summed E-state index contributed by atoms with van der Waals surface area (Å²) in [5, 5.41) is 1.25. The van der Waals surface area contributed by atoms with E-state index in [1.807, 2.05) is 78.9 Å². The molecule has 0 saturated carbocycles. The molecule has 256 valence electrons. The Balaban J connectivity index is 1.65. The lowest BCUT2D eigenvalue weighted by Crippen LogP contribution is -2.48. The molecule has 0 aliphatic carbocycles. The van der Waals surface area contributed by atoms with Crippen LogP contribution in [-0.4, -0.2) is 11.4 Å². The van der Waals surface area contributed by atoms with Crippen LogP contribution in [0.1, 0.15) is 59.6 Å². The van der Waals surface area contributed by atoms with E-state index >= 15 is 0 Å². The highest BCUT2D eigenvalue weighted by molar-refractivity contribution is 6.34. The van der Waals surface area contributed by atoms with Gasteiger partial charge >= 0.3 is 0 Å². The summed E-state index contributed by atoms with van der Waals surface area (Å²) in [5.41, 5.74) is 7.31. The van der Waals surface area contributed by atoms with Crippen LogP contribution in [0.5, 0.6) is 0 Å². The SMILES string of the molecule is C=C(C(=NC(CC)(c1ccccc1Cl)C1(c2ccccc2Cl)CCC=C(c2ccccc2)C(c2ccccc2)=N1)c1ccccc1)c1ccccc1. The van der Waals surface area contributed by atoms with E-state index in [2.05, 4.69) is 104 Å². The second-order valence-electron chi connectivity index (χ2n) is 13.1. The predicted molar refractivity (Wildman–Crippen MR) is 222 cm³/mol. The van der Waals surface area contributed by atoms with E-state index in [9.17, 15) is 0 Å². The summed E-state index contributed by atoms with van der Waals surface area (Å²) >= 11 is 14.7. The monoisotopic (exact) mass is 714 g/mol. The molecule has 0 saturated heterocycles. The minimum Gasteiger partial charge on any atom is -0.270 e. The van der Waals surface area contributed by atoms with Crippen molar-refractivity contribution in [2.24, 2.45) is 9.98 Å². The maximum atomic E-state index is 7.36. The lowest BCUT2D eigenvalue weighted by Gasteiger charge is -2.47. The van der Waals surface area contributed by atoms with E-state index in [0.29, 0.717) is 22.9 Å². The van der Waals surface area contributed by atoms with Gasteiger partial charge in [0.1, 0.15) is 11.1 Å². The number of nitrogens with zero attached hydrogens (tertiary/aromatic N) is 2. The minimum atomic E-state index is -1.06. The van der Waals surface area contributed by atoms with E-state index < -0.39 is 11.1 Å². The fourth-order valence-electron chi connectivity index (χ4n) is 7.63. The molecule has 7 rings (SSSR count). The molecule has 0 fully saturated rings. The summed E-state index contributed by atoms with van der Waals surface area (Å²) in [7, 11) is 0. The van der Waals surface area contributed by atoms with Crippen molar-refractivity contribution in [2.75, 3.05) is 0 Å². The van der Waals surface area contributed by atoms with Gasteiger partial charge < -0.3 is 0 Å². The van der Waals surface area contributed by atoms with Gasteiger partial charge in [-0.2, -0.15) is 0 Å². The smallest absolute Gasteiger partial charge is 0.117 e. The van der Waals surface area contributed by atoms with Crippen molar-refractivity contribution in [3.63, 3.8) is 0 Å². The zero-order valence-corrected chi connectivity index (χ0v) is 30.7. The number of aliphatic imine (C=N–C) groups is 2. The van der Waals surface area contributed by atoms with Crippen molar-refractivity contribution in [3.05, 3.63) is 226 Å². The van der Waals surface area contributed by atoms with Crippen LogP contribution in [0, 0.1) is 0 Å². The van der Waals surface area contributed by atoms with Gasteiger partial charge in [0.05, 0.1) is 11.4 Å². The molecule has 0 bridgehead atoms. The summed E-state index contributed by atoms with van der Waals surface area (Å²) in [6, 6.07) is 57.7. The van der Waals surface area contributed by atoms with Gasteiger partial charge in [-0.05, 0) is 42.5 Å². The van der Waals surface area contributed by atoms with Crippen LogP contribution >= 0.6 is 23.2 Å². The number of halogens is 2. The number of rotatable bonds is 10. The third kappa shape index (κ3) is 6.61. The average molecular weight is 716 g/mol. The maximum absolute atomic E-state index is 7.36. The molecule has 0 spiro atoms. The van der Waals surface area contributed by atoms with Crippen LogP contribution in [0.25, 0.3) is 11.1 Å².